The first-order valence-electron chi connectivity index (χ1n) is 5.60. The highest BCUT2D eigenvalue weighted by Gasteiger charge is 2.27. The van der Waals surface area contributed by atoms with E-state index in [1.165, 1.54) is 31.4 Å². The Morgan fingerprint density at radius 2 is 2.21 bits per heavy atom. The van der Waals surface area contributed by atoms with Crippen LogP contribution in [0.1, 0.15) is 49.9 Å². The first-order valence-corrected chi connectivity index (χ1v) is 5.60. The molecule has 14 heavy (non-hydrogen) atoms. The van der Waals surface area contributed by atoms with Crippen molar-refractivity contribution in [3.05, 3.63) is 18.0 Å². The van der Waals surface area contributed by atoms with Crippen molar-refractivity contribution in [3.63, 3.8) is 0 Å². The van der Waals surface area contributed by atoms with Crippen LogP contribution in [0.25, 0.3) is 0 Å². The van der Waals surface area contributed by atoms with Crippen LogP contribution in [0.4, 0.5) is 0 Å². The molecule has 2 heterocycles. The van der Waals surface area contributed by atoms with Crippen molar-refractivity contribution in [1.29, 1.82) is 0 Å². The molecule has 0 aromatic carbocycles. The van der Waals surface area contributed by atoms with Crippen LogP contribution < -0.4 is 0 Å². The Morgan fingerprint density at radius 1 is 1.29 bits per heavy atom. The summed E-state index contributed by atoms with van der Waals surface area (Å²) in [5.74, 6) is 0.750. The van der Waals surface area contributed by atoms with Gasteiger partial charge in [0.1, 0.15) is 6.23 Å². The summed E-state index contributed by atoms with van der Waals surface area (Å²) in [6.45, 7) is 0.892. The molecule has 76 valence electrons. The maximum absolute atomic E-state index is 5.68. The van der Waals surface area contributed by atoms with Gasteiger partial charge in [-0.2, -0.15) is 5.10 Å². The van der Waals surface area contributed by atoms with Crippen molar-refractivity contribution in [3.8, 4) is 0 Å². The van der Waals surface area contributed by atoms with Gasteiger partial charge in [0.15, 0.2) is 0 Å². The summed E-state index contributed by atoms with van der Waals surface area (Å²) < 4.78 is 7.68. The van der Waals surface area contributed by atoms with Crippen LogP contribution in [0.15, 0.2) is 12.3 Å². The Hall–Kier alpha value is -0.830. The summed E-state index contributed by atoms with van der Waals surface area (Å²) in [5, 5.41) is 4.59. The van der Waals surface area contributed by atoms with Crippen molar-refractivity contribution < 1.29 is 4.74 Å². The molecule has 0 bridgehead atoms. The van der Waals surface area contributed by atoms with Gasteiger partial charge in [-0.05, 0) is 38.2 Å². The van der Waals surface area contributed by atoms with Gasteiger partial charge in [-0.3, -0.25) is 0 Å². The lowest BCUT2D eigenvalue weighted by Gasteiger charge is -2.22. The van der Waals surface area contributed by atoms with Crippen LogP contribution in [0, 0.1) is 0 Å². The largest absolute Gasteiger partial charge is 0.357 e. The van der Waals surface area contributed by atoms with E-state index in [4.69, 9.17) is 4.74 Å². The third kappa shape index (κ3) is 1.57. The van der Waals surface area contributed by atoms with Crippen molar-refractivity contribution in [2.45, 2.75) is 44.2 Å². The van der Waals surface area contributed by atoms with Crippen LogP contribution in [0.2, 0.25) is 0 Å². The normalized spacial score (nSPS) is 27.9. The zero-order valence-electron chi connectivity index (χ0n) is 8.35. The van der Waals surface area contributed by atoms with Crippen molar-refractivity contribution >= 4 is 0 Å². The molecule has 2 aliphatic rings. The minimum Gasteiger partial charge on any atom is -0.357 e. The number of hydrogen-bond donors (Lipinski definition) is 0. The first kappa shape index (κ1) is 8.48. The Labute approximate surface area is 84.1 Å². The molecule has 1 saturated heterocycles. The zero-order valence-corrected chi connectivity index (χ0v) is 8.35. The molecule has 0 spiro atoms. The van der Waals surface area contributed by atoms with Crippen LogP contribution in [0.3, 0.4) is 0 Å². The summed E-state index contributed by atoms with van der Waals surface area (Å²) in [5.41, 5.74) is 1.26. The smallest absolute Gasteiger partial charge is 0.150 e. The third-order valence-electron chi connectivity index (χ3n) is 3.08. The minimum atomic E-state index is 0.205. The average Bonchev–Trinajstić information content (AvgIpc) is 2.98. The molecule has 1 atom stereocenters. The summed E-state index contributed by atoms with van der Waals surface area (Å²) in [4.78, 5) is 0. The van der Waals surface area contributed by atoms with Gasteiger partial charge in [0.25, 0.3) is 0 Å². The lowest BCUT2D eigenvalue weighted by atomic mass is 10.2. The zero-order chi connectivity index (χ0) is 9.38. The van der Waals surface area contributed by atoms with E-state index in [-0.39, 0.29) is 6.23 Å². The number of aromatic nitrogens is 2. The van der Waals surface area contributed by atoms with E-state index in [9.17, 15) is 0 Å². The summed E-state index contributed by atoms with van der Waals surface area (Å²) in [7, 11) is 0. The Bertz CT molecular complexity index is 311. The van der Waals surface area contributed by atoms with Crippen LogP contribution in [-0.2, 0) is 4.74 Å². The molecule has 2 fully saturated rings. The monoisotopic (exact) mass is 192 g/mol. The molecule has 3 rings (SSSR count). The number of hydrogen-bond acceptors (Lipinski definition) is 2. The molecular weight excluding hydrogens is 176 g/mol. The molecule has 1 aliphatic heterocycles. The van der Waals surface area contributed by atoms with E-state index < -0.39 is 0 Å². The van der Waals surface area contributed by atoms with Gasteiger partial charge in [-0.1, -0.05) is 0 Å². The van der Waals surface area contributed by atoms with E-state index >= 15 is 0 Å². The predicted octanol–water partition coefficient (Wildman–Crippen LogP) is 2.46. The maximum atomic E-state index is 5.68. The second-order valence-corrected chi connectivity index (χ2v) is 4.32. The van der Waals surface area contributed by atoms with Gasteiger partial charge in [-0.25, -0.2) is 4.68 Å². The standard InChI is InChI=1S/C11H16N2O/c1-2-8-14-11(3-1)13-7-6-10(12-13)9-4-5-9/h6-7,9,11H,1-5,8H2/t11-/m1/s1. The lowest BCUT2D eigenvalue weighted by molar-refractivity contribution is -0.0396. The fourth-order valence-electron chi connectivity index (χ4n) is 2.04. The van der Waals surface area contributed by atoms with Gasteiger partial charge >= 0.3 is 0 Å². The predicted molar refractivity (Wildman–Crippen MR) is 53.0 cm³/mol. The molecule has 1 aromatic rings. The van der Waals surface area contributed by atoms with Crippen LogP contribution in [-0.4, -0.2) is 16.4 Å². The fraction of sp³-hybridized carbons (Fsp3) is 0.727. The van der Waals surface area contributed by atoms with E-state index in [1.807, 2.05) is 4.68 Å². The highest BCUT2D eigenvalue weighted by Crippen LogP contribution is 2.39. The number of ether oxygens (including phenoxy) is 1. The molecule has 3 nitrogen and oxygen atoms in total. The second kappa shape index (κ2) is 3.39. The van der Waals surface area contributed by atoms with E-state index in [1.54, 1.807) is 0 Å². The van der Waals surface area contributed by atoms with Gasteiger partial charge in [0, 0.05) is 18.7 Å². The van der Waals surface area contributed by atoms with Crippen molar-refractivity contribution in [1.82, 2.24) is 9.78 Å². The SMILES string of the molecule is c1cn([C@H]2CCCCO2)nc1C1CC1. The van der Waals surface area contributed by atoms with E-state index in [2.05, 4.69) is 17.4 Å². The van der Waals surface area contributed by atoms with E-state index in [0.717, 1.165) is 18.9 Å². The number of nitrogens with zero attached hydrogens (tertiary/aromatic N) is 2. The van der Waals surface area contributed by atoms with Gasteiger partial charge in [-0.15, -0.1) is 0 Å². The molecule has 0 radical (unpaired) electrons. The third-order valence-corrected chi connectivity index (χ3v) is 3.08. The second-order valence-electron chi connectivity index (χ2n) is 4.32. The summed E-state index contributed by atoms with van der Waals surface area (Å²) in [6, 6.07) is 2.15. The average molecular weight is 192 g/mol. The van der Waals surface area contributed by atoms with Crippen molar-refractivity contribution in [2.24, 2.45) is 0 Å². The Morgan fingerprint density at radius 3 is 2.93 bits per heavy atom. The quantitative estimate of drug-likeness (QED) is 0.719. The number of rotatable bonds is 2. The molecule has 0 N–H and O–H groups in total. The topological polar surface area (TPSA) is 27.1 Å². The minimum absolute atomic E-state index is 0.205. The molecular formula is C11H16N2O. The highest BCUT2D eigenvalue weighted by molar-refractivity contribution is 5.12. The van der Waals surface area contributed by atoms with Crippen LogP contribution >= 0.6 is 0 Å². The van der Waals surface area contributed by atoms with Crippen molar-refractivity contribution in [2.75, 3.05) is 6.61 Å². The fourth-order valence-corrected chi connectivity index (χ4v) is 2.04. The Balaban J connectivity index is 1.74. The summed E-state index contributed by atoms with van der Waals surface area (Å²) in [6.07, 6.45) is 8.51. The summed E-state index contributed by atoms with van der Waals surface area (Å²) >= 11 is 0. The molecule has 1 aliphatic carbocycles. The molecule has 1 saturated carbocycles. The lowest BCUT2D eigenvalue weighted by Crippen LogP contribution is -2.18. The van der Waals surface area contributed by atoms with Gasteiger partial charge in [0.05, 0.1) is 5.69 Å². The van der Waals surface area contributed by atoms with Gasteiger partial charge in [0.2, 0.25) is 0 Å². The first-order chi connectivity index (χ1) is 6.93. The maximum Gasteiger partial charge on any atom is 0.150 e. The van der Waals surface area contributed by atoms with Crippen LogP contribution in [0.5, 0.6) is 0 Å². The van der Waals surface area contributed by atoms with Gasteiger partial charge < -0.3 is 4.74 Å². The Kier molecular flexibility index (Phi) is 2.05. The molecule has 0 unspecified atom stereocenters. The molecule has 0 amide bonds. The molecule has 1 aromatic heterocycles. The van der Waals surface area contributed by atoms with E-state index in [0.29, 0.717) is 0 Å². The molecule has 3 heteroatoms. The highest BCUT2D eigenvalue weighted by atomic mass is 16.5.